The third-order valence-corrected chi connectivity index (χ3v) is 3.72. The molecule has 0 radical (unpaired) electrons. The second kappa shape index (κ2) is 3.85. The van der Waals surface area contributed by atoms with E-state index in [9.17, 15) is 4.79 Å². The van der Waals surface area contributed by atoms with E-state index in [1.807, 2.05) is 12.1 Å². The number of alkyl halides is 1. The number of halogens is 1. The van der Waals surface area contributed by atoms with Gasteiger partial charge in [-0.2, -0.15) is 0 Å². The highest BCUT2D eigenvalue weighted by atomic mass is 79.9. The van der Waals surface area contributed by atoms with Crippen molar-refractivity contribution in [3.63, 3.8) is 0 Å². The number of ether oxygens (including phenoxy) is 1. The lowest BCUT2D eigenvalue weighted by molar-refractivity contribution is 0.0601. The minimum Gasteiger partial charge on any atom is -0.465 e. The van der Waals surface area contributed by atoms with Gasteiger partial charge in [-0.05, 0) is 17.7 Å². The minimum absolute atomic E-state index is 0.236. The summed E-state index contributed by atoms with van der Waals surface area (Å²) >= 11 is 3.54. The lowest BCUT2D eigenvalue weighted by atomic mass is 10.0. The van der Waals surface area contributed by atoms with Crippen molar-refractivity contribution in [3.8, 4) is 0 Å². The Kier molecular flexibility index (Phi) is 2.69. The van der Waals surface area contributed by atoms with Crippen LogP contribution in [-0.4, -0.2) is 18.0 Å². The number of anilines is 1. The van der Waals surface area contributed by atoms with Crippen molar-refractivity contribution in [2.24, 2.45) is 0 Å². The van der Waals surface area contributed by atoms with E-state index < -0.39 is 0 Å². The zero-order chi connectivity index (χ0) is 11.0. The van der Waals surface area contributed by atoms with Crippen molar-refractivity contribution < 1.29 is 9.53 Å². The first kappa shape index (κ1) is 10.5. The largest absolute Gasteiger partial charge is 0.465 e. The van der Waals surface area contributed by atoms with E-state index in [0.29, 0.717) is 11.5 Å². The molecule has 0 aromatic heterocycles. The molecule has 0 saturated heterocycles. The molecule has 1 aromatic carbocycles. The van der Waals surface area contributed by atoms with Gasteiger partial charge in [0.15, 0.2) is 0 Å². The number of fused-ring (bicyclic) bond motifs is 1. The Balaban J connectivity index is 2.37. The van der Waals surface area contributed by atoms with Crippen LogP contribution in [0.3, 0.4) is 0 Å². The van der Waals surface area contributed by atoms with E-state index in [4.69, 9.17) is 0 Å². The van der Waals surface area contributed by atoms with Gasteiger partial charge < -0.3 is 10.1 Å². The third kappa shape index (κ3) is 1.74. The molecule has 4 heteroatoms. The number of carbonyl (C=O) groups excluding carboxylic acids is 1. The molecule has 1 aromatic rings. The van der Waals surface area contributed by atoms with Crippen LogP contribution in [0.25, 0.3) is 0 Å². The van der Waals surface area contributed by atoms with Crippen LogP contribution in [0.5, 0.6) is 0 Å². The summed E-state index contributed by atoms with van der Waals surface area (Å²) in [4.78, 5) is 11.6. The van der Waals surface area contributed by atoms with Crippen LogP contribution in [-0.2, 0) is 4.74 Å². The normalized spacial score (nSPS) is 23.1. The molecular weight excluding hydrogens is 258 g/mol. The SMILES string of the molecule is COC(=O)c1ccc2c(c1)N[C@@H](Br)C2C. The number of nitrogens with one attached hydrogen (secondary N) is 1. The van der Waals surface area contributed by atoms with E-state index in [-0.39, 0.29) is 10.9 Å². The average molecular weight is 270 g/mol. The van der Waals surface area contributed by atoms with Crippen LogP contribution in [0.4, 0.5) is 5.69 Å². The minimum atomic E-state index is -0.301. The molecule has 0 aliphatic carbocycles. The molecule has 2 atom stereocenters. The van der Waals surface area contributed by atoms with Gasteiger partial charge >= 0.3 is 5.97 Å². The van der Waals surface area contributed by atoms with Crippen LogP contribution in [0, 0.1) is 0 Å². The summed E-state index contributed by atoms with van der Waals surface area (Å²) in [5.41, 5.74) is 2.81. The summed E-state index contributed by atoms with van der Waals surface area (Å²) in [6.45, 7) is 2.13. The molecule has 1 unspecified atom stereocenters. The van der Waals surface area contributed by atoms with Gasteiger partial charge in [-0.1, -0.05) is 28.9 Å². The quantitative estimate of drug-likeness (QED) is 0.484. The van der Waals surface area contributed by atoms with Gasteiger partial charge in [-0.3, -0.25) is 0 Å². The first-order valence-electron chi connectivity index (χ1n) is 4.76. The summed E-state index contributed by atoms with van der Waals surface area (Å²) in [5.74, 6) is 0.108. The molecule has 3 nitrogen and oxygen atoms in total. The number of carbonyl (C=O) groups is 1. The third-order valence-electron chi connectivity index (χ3n) is 2.70. The van der Waals surface area contributed by atoms with Crippen LogP contribution in [0.2, 0.25) is 0 Å². The van der Waals surface area contributed by atoms with Crippen LogP contribution in [0.1, 0.15) is 28.8 Å². The average Bonchev–Trinajstić information content (AvgIpc) is 2.53. The molecule has 80 valence electrons. The molecular formula is C11H12BrNO2. The molecule has 2 rings (SSSR count). The van der Waals surface area contributed by atoms with E-state index in [1.165, 1.54) is 12.7 Å². The number of rotatable bonds is 1. The molecule has 1 heterocycles. The van der Waals surface area contributed by atoms with Crippen molar-refractivity contribution >= 4 is 27.6 Å². The van der Waals surface area contributed by atoms with Gasteiger partial charge in [0.2, 0.25) is 0 Å². The number of benzene rings is 1. The van der Waals surface area contributed by atoms with Crippen molar-refractivity contribution in [3.05, 3.63) is 29.3 Å². The number of hydrogen-bond acceptors (Lipinski definition) is 3. The molecule has 1 N–H and O–H groups in total. The summed E-state index contributed by atoms with van der Waals surface area (Å²) in [5, 5.41) is 3.28. The molecule has 1 aliphatic heterocycles. The molecule has 0 saturated carbocycles. The van der Waals surface area contributed by atoms with Gasteiger partial charge in [0.1, 0.15) is 0 Å². The Labute approximate surface area is 96.9 Å². The smallest absolute Gasteiger partial charge is 0.337 e. The van der Waals surface area contributed by atoms with Gasteiger partial charge in [-0.15, -0.1) is 0 Å². The zero-order valence-corrected chi connectivity index (χ0v) is 10.2. The lowest BCUT2D eigenvalue weighted by Gasteiger charge is -2.06. The van der Waals surface area contributed by atoms with Crippen LogP contribution >= 0.6 is 15.9 Å². The summed E-state index contributed by atoms with van der Waals surface area (Å²) < 4.78 is 4.67. The molecule has 0 amide bonds. The van der Waals surface area contributed by atoms with Gasteiger partial charge in [0.05, 0.1) is 17.6 Å². The number of hydrogen-bond donors (Lipinski definition) is 1. The van der Waals surface area contributed by atoms with Crippen LogP contribution < -0.4 is 5.32 Å². The number of methoxy groups -OCH3 is 1. The Bertz CT molecular complexity index is 406. The molecule has 15 heavy (non-hydrogen) atoms. The molecule has 0 bridgehead atoms. The Morgan fingerprint density at radius 2 is 2.27 bits per heavy atom. The zero-order valence-electron chi connectivity index (χ0n) is 8.58. The fraction of sp³-hybridized carbons (Fsp3) is 0.364. The van der Waals surface area contributed by atoms with E-state index >= 15 is 0 Å². The maximum atomic E-state index is 11.3. The predicted octanol–water partition coefficient (Wildman–Crippen LogP) is 2.72. The number of esters is 1. The standard InChI is InChI=1S/C11H12BrNO2/c1-6-8-4-3-7(11(14)15-2)5-9(8)13-10(6)12/h3-6,10,13H,1-2H3/t6?,10-/m1/s1. The van der Waals surface area contributed by atoms with Gasteiger partial charge in [0.25, 0.3) is 0 Å². The van der Waals surface area contributed by atoms with Crippen molar-refractivity contribution in [1.29, 1.82) is 0 Å². The maximum Gasteiger partial charge on any atom is 0.337 e. The highest BCUT2D eigenvalue weighted by molar-refractivity contribution is 9.09. The van der Waals surface area contributed by atoms with Crippen molar-refractivity contribution in [2.45, 2.75) is 17.8 Å². The molecule has 1 aliphatic rings. The fourth-order valence-electron chi connectivity index (χ4n) is 1.75. The first-order valence-corrected chi connectivity index (χ1v) is 5.68. The van der Waals surface area contributed by atoms with E-state index in [0.717, 1.165) is 5.69 Å². The Morgan fingerprint density at radius 3 is 2.93 bits per heavy atom. The van der Waals surface area contributed by atoms with Gasteiger partial charge in [0, 0.05) is 11.6 Å². The predicted molar refractivity (Wildman–Crippen MR) is 62.5 cm³/mol. The lowest BCUT2D eigenvalue weighted by Crippen LogP contribution is -2.08. The Hall–Kier alpha value is -1.03. The highest BCUT2D eigenvalue weighted by Gasteiger charge is 2.26. The molecule has 0 fully saturated rings. The van der Waals surface area contributed by atoms with Gasteiger partial charge in [-0.25, -0.2) is 4.79 Å². The van der Waals surface area contributed by atoms with Crippen LogP contribution in [0.15, 0.2) is 18.2 Å². The second-order valence-corrected chi connectivity index (χ2v) is 4.61. The fourth-order valence-corrected chi connectivity index (χ4v) is 2.29. The molecule has 0 spiro atoms. The highest BCUT2D eigenvalue weighted by Crippen LogP contribution is 2.38. The maximum absolute atomic E-state index is 11.3. The van der Waals surface area contributed by atoms with E-state index in [2.05, 4.69) is 32.9 Å². The summed E-state index contributed by atoms with van der Waals surface area (Å²) in [6, 6.07) is 5.60. The second-order valence-electron chi connectivity index (χ2n) is 3.63. The monoisotopic (exact) mass is 269 g/mol. The Morgan fingerprint density at radius 1 is 1.53 bits per heavy atom. The summed E-state index contributed by atoms with van der Waals surface area (Å²) in [7, 11) is 1.39. The summed E-state index contributed by atoms with van der Waals surface area (Å²) in [6.07, 6.45) is 0. The van der Waals surface area contributed by atoms with E-state index in [1.54, 1.807) is 6.07 Å². The topological polar surface area (TPSA) is 38.3 Å². The first-order chi connectivity index (χ1) is 7.13. The van der Waals surface area contributed by atoms with Crippen molar-refractivity contribution in [1.82, 2.24) is 0 Å². The van der Waals surface area contributed by atoms with Crippen molar-refractivity contribution in [2.75, 3.05) is 12.4 Å².